The van der Waals surface area contributed by atoms with Crippen LogP contribution in [0.2, 0.25) is 0 Å². The minimum atomic E-state index is -0.544. The Labute approximate surface area is 99.3 Å². The third-order valence-electron chi connectivity index (χ3n) is 1.51. The van der Waals surface area contributed by atoms with E-state index in [9.17, 15) is 4.79 Å². The number of hydrogen-bond acceptors (Lipinski definition) is 4. The monoisotopic (exact) mass is 240 g/mol. The predicted molar refractivity (Wildman–Crippen MR) is 66.0 cm³/mol. The molecule has 1 rings (SSSR count). The molecule has 0 fully saturated rings. The second-order valence-electron chi connectivity index (χ2n) is 4.32. The molecule has 0 saturated carbocycles. The van der Waals surface area contributed by atoms with Crippen molar-refractivity contribution in [3.63, 3.8) is 0 Å². The SMILES string of the molecule is Cc1ccc(/C=N/NC(=O)OC(C)(C)C)s1. The molecule has 5 heteroatoms. The van der Waals surface area contributed by atoms with Crippen LogP contribution in [0.25, 0.3) is 0 Å². The molecule has 0 aliphatic heterocycles. The summed E-state index contributed by atoms with van der Waals surface area (Å²) >= 11 is 1.61. The van der Waals surface area contributed by atoms with Crippen LogP contribution < -0.4 is 5.43 Å². The maximum absolute atomic E-state index is 11.2. The van der Waals surface area contributed by atoms with Crippen molar-refractivity contribution in [3.8, 4) is 0 Å². The van der Waals surface area contributed by atoms with Crippen molar-refractivity contribution in [2.45, 2.75) is 33.3 Å². The zero-order valence-corrected chi connectivity index (χ0v) is 10.7. The lowest BCUT2D eigenvalue weighted by atomic mass is 10.2. The van der Waals surface area contributed by atoms with Crippen molar-refractivity contribution in [1.82, 2.24) is 5.43 Å². The van der Waals surface area contributed by atoms with E-state index in [1.54, 1.807) is 38.3 Å². The fourth-order valence-electron chi connectivity index (χ4n) is 0.972. The largest absolute Gasteiger partial charge is 0.443 e. The molecule has 0 aliphatic rings. The number of rotatable bonds is 2. The van der Waals surface area contributed by atoms with Crippen molar-refractivity contribution in [3.05, 3.63) is 21.9 Å². The van der Waals surface area contributed by atoms with Gasteiger partial charge in [-0.25, -0.2) is 10.2 Å². The number of nitrogens with zero attached hydrogens (tertiary/aromatic N) is 1. The van der Waals surface area contributed by atoms with Gasteiger partial charge < -0.3 is 4.74 Å². The molecular formula is C11H16N2O2S. The lowest BCUT2D eigenvalue weighted by molar-refractivity contribution is 0.0529. The van der Waals surface area contributed by atoms with Gasteiger partial charge in [-0.2, -0.15) is 5.10 Å². The summed E-state index contributed by atoms with van der Waals surface area (Å²) in [5.41, 5.74) is 1.81. The van der Waals surface area contributed by atoms with Crippen molar-refractivity contribution >= 4 is 23.6 Å². The molecule has 16 heavy (non-hydrogen) atoms. The first-order valence-corrected chi connectivity index (χ1v) is 5.77. The molecule has 0 atom stereocenters. The summed E-state index contributed by atoms with van der Waals surface area (Å²) < 4.78 is 5.02. The van der Waals surface area contributed by atoms with E-state index in [0.29, 0.717) is 0 Å². The fraction of sp³-hybridized carbons (Fsp3) is 0.455. The third kappa shape index (κ3) is 4.93. The van der Waals surface area contributed by atoms with Gasteiger partial charge in [-0.3, -0.25) is 0 Å². The standard InChI is InChI=1S/C11H16N2O2S/c1-8-5-6-9(16-8)7-12-13-10(14)15-11(2,3)4/h5-7H,1-4H3,(H,13,14)/b12-7+. The number of carbonyl (C=O) groups excluding carboxylic acids is 1. The van der Waals surface area contributed by atoms with Crippen molar-refractivity contribution in [1.29, 1.82) is 0 Å². The maximum atomic E-state index is 11.2. The van der Waals surface area contributed by atoms with E-state index < -0.39 is 11.7 Å². The molecule has 1 heterocycles. The Morgan fingerprint density at radius 1 is 1.50 bits per heavy atom. The van der Waals surface area contributed by atoms with Crippen molar-refractivity contribution in [2.75, 3.05) is 0 Å². The van der Waals surface area contributed by atoms with Gasteiger partial charge in [0.15, 0.2) is 0 Å². The first kappa shape index (κ1) is 12.7. The summed E-state index contributed by atoms with van der Waals surface area (Å²) in [6.45, 7) is 7.43. The van der Waals surface area contributed by atoms with Crippen LogP contribution in [0.15, 0.2) is 17.2 Å². The van der Waals surface area contributed by atoms with E-state index in [0.717, 1.165) is 4.88 Å². The molecule has 4 nitrogen and oxygen atoms in total. The molecular weight excluding hydrogens is 224 g/mol. The van der Waals surface area contributed by atoms with Crippen molar-refractivity contribution in [2.24, 2.45) is 5.10 Å². The van der Waals surface area contributed by atoms with Crippen LogP contribution in [-0.2, 0) is 4.74 Å². The van der Waals surface area contributed by atoms with Gasteiger partial charge in [0.2, 0.25) is 0 Å². The lowest BCUT2D eigenvalue weighted by Crippen LogP contribution is -2.29. The minimum absolute atomic E-state index is 0.501. The maximum Gasteiger partial charge on any atom is 0.428 e. The molecule has 0 radical (unpaired) electrons. The van der Waals surface area contributed by atoms with Crippen LogP contribution in [0.4, 0.5) is 4.79 Å². The molecule has 1 aromatic heterocycles. The summed E-state index contributed by atoms with van der Waals surface area (Å²) in [6, 6.07) is 3.94. The highest BCUT2D eigenvalue weighted by Crippen LogP contribution is 2.12. The molecule has 0 aromatic carbocycles. The van der Waals surface area contributed by atoms with E-state index in [1.165, 1.54) is 4.88 Å². The normalized spacial score (nSPS) is 11.8. The van der Waals surface area contributed by atoms with Gasteiger partial charge in [-0.15, -0.1) is 11.3 Å². The molecule has 0 saturated heterocycles. The highest BCUT2D eigenvalue weighted by Gasteiger charge is 2.15. The van der Waals surface area contributed by atoms with Gasteiger partial charge in [-0.05, 0) is 39.8 Å². The Morgan fingerprint density at radius 3 is 2.69 bits per heavy atom. The molecule has 1 amide bonds. The average molecular weight is 240 g/mol. The molecule has 88 valence electrons. The number of nitrogens with one attached hydrogen (secondary N) is 1. The van der Waals surface area contributed by atoms with Crippen LogP contribution in [0.1, 0.15) is 30.5 Å². The number of ether oxygens (including phenoxy) is 1. The molecule has 0 spiro atoms. The lowest BCUT2D eigenvalue weighted by Gasteiger charge is -2.18. The van der Waals surface area contributed by atoms with E-state index in [-0.39, 0.29) is 0 Å². The van der Waals surface area contributed by atoms with Gasteiger partial charge in [0, 0.05) is 9.75 Å². The molecule has 0 bridgehead atoms. The van der Waals surface area contributed by atoms with Gasteiger partial charge in [0.25, 0.3) is 0 Å². The van der Waals surface area contributed by atoms with E-state index in [2.05, 4.69) is 10.5 Å². The van der Waals surface area contributed by atoms with Crippen LogP contribution in [0, 0.1) is 6.92 Å². The molecule has 1 aromatic rings. The second kappa shape index (κ2) is 5.12. The van der Waals surface area contributed by atoms with Crippen LogP contribution in [0.5, 0.6) is 0 Å². The highest BCUT2D eigenvalue weighted by atomic mass is 32.1. The Kier molecular flexibility index (Phi) is 4.06. The van der Waals surface area contributed by atoms with Gasteiger partial charge in [-0.1, -0.05) is 0 Å². The Hall–Kier alpha value is -1.36. The zero-order chi connectivity index (χ0) is 12.2. The van der Waals surface area contributed by atoms with Gasteiger partial charge in [0.1, 0.15) is 5.60 Å². The van der Waals surface area contributed by atoms with Crippen LogP contribution >= 0.6 is 11.3 Å². The topological polar surface area (TPSA) is 50.7 Å². The summed E-state index contributed by atoms with van der Waals surface area (Å²) in [6.07, 6.45) is 1.05. The Bertz CT molecular complexity index is 391. The highest BCUT2D eigenvalue weighted by molar-refractivity contribution is 7.13. The molecule has 0 unspecified atom stereocenters. The van der Waals surface area contributed by atoms with Crippen LogP contribution in [0.3, 0.4) is 0 Å². The number of hydrazone groups is 1. The number of carbonyl (C=O) groups is 1. The summed E-state index contributed by atoms with van der Waals surface area (Å²) in [5.74, 6) is 0. The fourth-order valence-corrected chi connectivity index (χ4v) is 1.72. The zero-order valence-electron chi connectivity index (χ0n) is 9.90. The predicted octanol–water partition coefficient (Wildman–Crippen LogP) is 2.92. The quantitative estimate of drug-likeness (QED) is 0.638. The van der Waals surface area contributed by atoms with E-state index in [1.807, 2.05) is 19.1 Å². The Morgan fingerprint density at radius 2 is 2.19 bits per heavy atom. The van der Waals surface area contributed by atoms with Gasteiger partial charge >= 0.3 is 6.09 Å². The number of thiophene rings is 1. The first-order valence-electron chi connectivity index (χ1n) is 4.95. The van der Waals surface area contributed by atoms with Gasteiger partial charge in [0.05, 0.1) is 6.21 Å². The van der Waals surface area contributed by atoms with Crippen molar-refractivity contribution < 1.29 is 9.53 Å². The average Bonchev–Trinajstić information content (AvgIpc) is 2.48. The molecule has 1 N–H and O–H groups in total. The smallest absolute Gasteiger partial charge is 0.428 e. The number of aryl methyl sites for hydroxylation is 1. The molecule has 0 aliphatic carbocycles. The summed E-state index contributed by atoms with van der Waals surface area (Å²) in [5, 5.41) is 3.80. The summed E-state index contributed by atoms with van der Waals surface area (Å²) in [4.78, 5) is 13.4. The summed E-state index contributed by atoms with van der Waals surface area (Å²) in [7, 11) is 0. The van der Waals surface area contributed by atoms with Crippen LogP contribution in [-0.4, -0.2) is 17.9 Å². The van der Waals surface area contributed by atoms with E-state index in [4.69, 9.17) is 4.74 Å². The number of hydrogen-bond donors (Lipinski definition) is 1. The minimum Gasteiger partial charge on any atom is -0.443 e. The van der Waals surface area contributed by atoms with E-state index >= 15 is 0 Å². The third-order valence-corrected chi connectivity index (χ3v) is 2.44. The second-order valence-corrected chi connectivity index (χ2v) is 5.64. The number of amides is 1. The Balaban J connectivity index is 2.40. The first-order chi connectivity index (χ1) is 7.37.